The van der Waals surface area contributed by atoms with Gasteiger partial charge in [0.15, 0.2) is 0 Å². The van der Waals surface area contributed by atoms with Crippen LogP contribution in [0.3, 0.4) is 0 Å². The summed E-state index contributed by atoms with van der Waals surface area (Å²) in [5.74, 6) is -0.268. The summed E-state index contributed by atoms with van der Waals surface area (Å²) < 4.78 is 5.09. The van der Waals surface area contributed by atoms with E-state index in [0.717, 1.165) is 16.7 Å². The normalized spacial score (nSPS) is 17.1. The first kappa shape index (κ1) is 14.1. The maximum atomic E-state index is 12.1. The average Bonchev–Trinajstić information content (AvgIpc) is 2.78. The Labute approximate surface area is 118 Å². The zero-order valence-electron chi connectivity index (χ0n) is 11.9. The third-order valence-corrected chi connectivity index (χ3v) is 3.20. The second-order valence-corrected chi connectivity index (χ2v) is 4.66. The van der Waals surface area contributed by atoms with Crippen molar-refractivity contribution in [3.05, 3.63) is 64.4 Å². The van der Waals surface area contributed by atoms with Crippen LogP contribution in [-0.4, -0.2) is 17.7 Å². The van der Waals surface area contributed by atoms with E-state index < -0.39 is 5.97 Å². The number of hydrogen-bond acceptors (Lipinski definition) is 3. The molecule has 1 aliphatic rings. The number of ether oxygens (including phenoxy) is 1. The molecule has 1 aromatic rings. The van der Waals surface area contributed by atoms with Gasteiger partial charge < -0.3 is 9.84 Å². The van der Waals surface area contributed by atoms with Crippen LogP contribution in [0.15, 0.2) is 58.9 Å². The van der Waals surface area contributed by atoms with Gasteiger partial charge in [-0.15, -0.1) is 0 Å². The van der Waals surface area contributed by atoms with E-state index in [9.17, 15) is 9.90 Å². The van der Waals surface area contributed by atoms with E-state index in [4.69, 9.17) is 4.74 Å². The minimum atomic E-state index is -0.393. The molecule has 0 aliphatic heterocycles. The molecule has 0 atom stereocenters. The van der Waals surface area contributed by atoms with Crippen molar-refractivity contribution >= 4 is 11.5 Å². The average molecular weight is 270 g/mol. The van der Waals surface area contributed by atoms with Gasteiger partial charge in [-0.05, 0) is 43.6 Å². The minimum absolute atomic E-state index is 0.125. The van der Waals surface area contributed by atoms with Gasteiger partial charge in [-0.1, -0.05) is 30.3 Å². The lowest BCUT2D eigenvalue weighted by atomic mass is 9.96. The Balaban J connectivity index is 2.49. The summed E-state index contributed by atoms with van der Waals surface area (Å²) in [5, 5.41) is 9.99. The molecular formula is C17H18O3. The topological polar surface area (TPSA) is 46.5 Å². The van der Waals surface area contributed by atoms with Crippen molar-refractivity contribution in [3.8, 4) is 0 Å². The summed E-state index contributed by atoms with van der Waals surface area (Å²) in [7, 11) is 0. The number of benzene rings is 1. The molecule has 0 heterocycles. The molecule has 0 bridgehead atoms. The lowest BCUT2D eigenvalue weighted by Gasteiger charge is -2.12. The van der Waals surface area contributed by atoms with Crippen molar-refractivity contribution in [2.75, 3.05) is 6.61 Å². The highest BCUT2D eigenvalue weighted by atomic mass is 16.5. The monoisotopic (exact) mass is 270 g/mol. The Hall–Kier alpha value is -2.29. The van der Waals surface area contributed by atoms with Crippen LogP contribution < -0.4 is 0 Å². The standard InChI is InChI=1S/C17H18O3/c1-4-20-17(19)15-11(2)10-14(16(15)12(3)18)13-8-6-5-7-9-13/h5-10,18H,4H2,1-3H3/b16-12-. The third kappa shape index (κ3) is 2.52. The van der Waals surface area contributed by atoms with E-state index in [1.807, 2.05) is 43.3 Å². The van der Waals surface area contributed by atoms with E-state index in [2.05, 4.69) is 0 Å². The van der Waals surface area contributed by atoms with Crippen molar-refractivity contribution in [2.45, 2.75) is 20.8 Å². The number of hydrogen-bond donors (Lipinski definition) is 1. The van der Waals surface area contributed by atoms with Crippen LogP contribution in [0.25, 0.3) is 5.57 Å². The Bertz CT molecular complexity index is 615. The van der Waals surface area contributed by atoms with Crippen LogP contribution in [0.5, 0.6) is 0 Å². The van der Waals surface area contributed by atoms with Crippen molar-refractivity contribution in [3.63, 3.8) is 0 Å². The molecule has 1 N–H and O–H groups in total. The first-order valence-electron chi connectivity index (χ1n) is 6.62. The molecule has 3 heteroatoms. The molecule has 0 radical (unpaired) electrons. The van der Waals surface area contributed by atoms with Gasteiger partial charge in [-0.2, -0.15) is 0 Å². The van der Waals surface area contributed by atoms with Crippen LogP contribution in [-0.2, 0) is 9.53 Å². The predicted molar refractivity (Wildman–Crippen MR) is 79.1 cm³/mol. The Morgan fingerprint density at radius 2 is 1.90 bits per heavy atom. The van der Waals surface area contributed by atoms with E-state index >= 15 is 0 Å². The molecular weight excluding hydrogens is 252 g/mol. The number of carbonyl (C=O) groups is 1. The van der Waals surface area contributed by atoms with Crippen LogP contribution >= 0.6 is 0 Å². The Kier molecular flexibility index (Phi) is 4.08. The van der Waals surface area contributed by atoms with Crippen LogP contribution in [0.4, 0.5) is 0 Å². The number of aliphatic hydroxyl groups is 1. The smallest absolute Gasteiger partial charge is 0.339 e. The highest BCUT2D eigenvalue weighted by Gasteiger charge is 2.29. The summed E-state index contributed by atoms with van der Waals surface area (Å²) in [6.45, 7) is 5.52. The van der Waals surface area contributed by atoms with Gasteiger partial charge in [0, 0.05) is 5.57 Å². The third-order valence-electron chi connectivity index (χ3n) is 3.20. The van der Waals surface area contributed by atoms with Gasteiger partial charge in [-0.3, -0.25) is 0 Å². The Morgan fingerprint density at radius 3 is 2.45 bits per heavy atom. The van der Waals surface area contributed by atoms with Gasteiger partial charge in [0.2, 0.25) is 0 Å². The SMILES string of the molecule is CCOC(=O)C1=C(C)C=C(c2ccccc2)/C1=C(\C)O. The molecule has 0 amide bonds. The quantitative estimate of drug-likeness (QED) is 0.671. The first-order chi connectivity index (χ1) is 9.56. The first-order valence-corrected chi connectivity index (χ1v) is 6.62. The summed E-state index contributed by atoms with van der Waals surface area (Å²) in [5.41, 5.74) is 3.64. The van der Waals surface area contributed by atoms with Crippen molar-refractivity contribution < 1.29 is 14.6 Å². The van der Waals surface area contributed by atoms with Gasteiger partial charge in [-0.25, -0.2) is 4.79 Å². The number of aliphatic hydroxyl groups excluding tert-OH is 1. The van der Waals surface area contributed by atoms with E-state index in [0.29, 0.717) is 17.8 Å². The van der Waals surface area contributed by atoms with Crippen LogP contribution in [0.2, 0.25) is 0 Å². The lowest BCUT2D eigenvalue weighted by molar-refractivity contribution is -0.138. The van der Waals surface area contributed by atoms with E-state index in [1.54, 1.807) is 13.8 Å². The maximum absolute atomic E-state index is 12.1. The molecule has 20 heavy (non-hydrogen) atoms. The molecule has 0 aromatic heterocycles. The van der Waals surface area contributed by atoms with Crippen LogP contribution in [0, 0.1) is 0 Å². The largest absolute Gasteiger partial charge is 0.512 e. The summed E-state index contributed by atoms with van der Waals surface area (Å²) in [6, 6.07) is 9.70. The number of carbonyl (C=O) groups excluding carboxylic acids is 1. The zero-order chi connectivity index (χ0) is 14.7. The van der Waals surface area contributed by atoms with E-state index in [-0.39, 0.29) is 5.76 Å². The number of rotatable bonds is 3. The predicted octanol–water partition coefficient (Wildman–Crippen LogP) is 3.80. The molecule has 0 spiro atoms. The second-order valence-electron chi connectivity index (χ2n) is 4.66. The minimum Gasteiger partial charge on any atom is -0.512 e. The Morgan fingerprint density at radius 1 is 1.25 bits per heavy atom. The van der Waals surface area contributed by atoms with E-state index in [1.165, 1.54) is 0 Å². The molecule has 1 aromatic carbocycles. The second kappa shape index (κ2) is 5.78. The fourth-order valence-electron chi connectivity index (χ4n) is 2.38. The summed E-state index contributed by atoms with van der Waals surface area (Å²) in [4.78, 5) is 12.1. The van der Waals surface area contributed by atoms with Gasteiger partial charge >= 0.3 is 5.97 Å². The molecule has 0 fully saturated rings. The fourth-order valence-corrected chi connectivity index (χ4v) is 2.38. The molecule has 2 rings (SSSR count). The number of esters is 1. The van der Waals surface area contributed by atoms with Gasteiger partial charge in [0.25, 0.3) is 0 Å². The highest BCUT2D eigenvalue weighted by molar-refractivity contribution is 6.06. The molecule has 1 aliphatic carbocycles. The molecule has 0 saturated carbocycles. The van der Waals surface area contributed by atoms with Crippen molar-refractivity contribution in [1.29, 1.82) is 0 Å². The highest BCUT2D eigenvalue weighted by Crippen LogP contribution is 2.39. The van der Waals surface area contributed by atoms with Gasteiger partial charge in [0.05, 0.1) is 17.9 Å². The van der Waals surface area contributed by atoms with Crippen molar-refractivity contribution in [2.24, 2.45) is 0 Å². The molecule has 0 saturated heterocycles. The fraction of sp³-hybridized carbons (Fsp3) is 0.235. The summed E-state index contributed by atoms with van der Waals surface area (Å²) >= 11 is 0. The molecule has 104 valence electrons. The number of allylic oxidation sites excluding steroid dienone is 4. The van der Waals surface area contributed by atoms with Crippen LogP contribution in [0.1, 0.15) is 26.3 Å². The molecule has 3 nitrogen and oxygen atoms in total. The van der Waals surface area contributed by atoms with Crippen molar-refractivity contribution in [1.82, 2.24) is 0 Å². The maximum Gasteiger partial charge on any atom is 0.339 e. The summed E-state index contributed by atoms with van der Waals surface area (Å²) in [6.07, 6.45) is 1.91. The molecule has 0 unspecified atom stereocenters. The van der Waals surface area contributed by atoms with Gasteiger partial charge in [0.1, 0.15) is 0 Å². The lowest BCUT2D eigenvalue weighted by Crippen LogP contribution is -2.10. The zero-order valence-corrected chi connectivity index (χ0v) is 11.9.